The van der Waals surface area contributed by atoms with Crippen LogP contribution in [0.25, 0.3) is 0 Å². The number of carbonyl (C=O) groups is 1. The van der Waals surface area contributed by atoms with Crippen molar-refractivity contribution in [2.75, 3.05) is 5.32 Å². The highest BCUT2D eigenvalue weighted by molar-refractivity contribution is 5.88. The van der Waals surface area contributed by atoms with Crippen LogP contribution in [0.1, 0.15) is 18.5 Å². The van der Waals surface area contributed by atoms with E-state index in [9.17, 15) is 18.0 Å². The molecule has 1 rings (SSSR count). The van der Waals surface area contributed by atoms with Gasteiger partial charge in [0.25, 0.3) is 0 Å². The number of hydrogen-bond acceptors (Lipinski definition) is 2. The fraction of sp³-hybridized carbons (Fsp3) is 0.300. The van der Waals surface area contributed by atoms with Crippen LogP contribution in [0.15, 0.2) is 24.3 Å². The van der Waals surface area contributed by atoms with Crippen LogP contribution in [0.4, 0.5) is 18.9 Å². The van der Waals surface area contributed by atoms with Gasteiger partial charge in [0.1, 0.15) is 6.04 Å². The van der Waals surface area contributed by atoms with E-state index in [1.54, 1.807) is 0 Å². The number of benzene rings is 1. The highest BCUT2D eigenvalue weighted by Crippen LogP contribution is 2.30. The molecule has 1 atom stereocenters. The zero-order valence-electron chi connectivity index (χ0n) is 8.91. The molecular formula is C10H12ClF3N2O. The average Bonchev–Trinajstić information content (AvgIpc) is 2.15. The van der Waals surface area contributed by atoms with Crippen LogP contribution in [0.2, 0.25) is 0 Å². The Kier molecular flexibility index (Phi) is 5.44. The summed E-state index contributed by atoms with van der Waals surface area (Å²) in [4.78, 5) is 10.7. The van der Waals surface area contributed by atoms with Crippen LogP contribution in [-0.2, 0) is 4.79 Å². The number of amides is 1. The number of alkyl halides is 3. The molecular weight excluding hydrogens is 257 g/mol. The van der Waals surface area contributed by atoms with Crippen LogP contribution >= 0.6 is 12.4 Å². The summed E-state index contributed by atoms with van der Waals surface area (Å²) in [6.07, 6.45) is -4.46. The van der Waals surface area contributed by atoms with E-state index in [0.717, 1.165) is 0 Å². The summed E-state index contributed by atoms with van der Waals surface area (Å²) in [6.45, 7) is 1.31. The first kappa shape index (κ1) is 15.7. The van der Waals surface area contributed by atoms with E-state index in [2.05, 4.69) is 5.32 Å². The molecule has 0 aromatic heterocycles. The second kappa shape index (κ2) is 5.88. The molecule has 0 aliphatic heterocycles. The summed E-state index contributed by atoms with van der Waals surface area (Å²) < 4.78 is 36.8. The molecule has 0 bridgehead atoms. The van der Waals surface area contributed by atoms with Crippen molar-refractivity contribution in [2.45, 2.75) is 19.1 Å². The minimum atomic E-state index is -4.46. The fourth-order valence-electron chi connectivity index (χ4n) is 1.17. The van der Waals surface area contributed by atoms with Crippen molar-refractivity contribution in [1.82, 2.24) is 0 Å². The largest absolute Gasteiger partial charge is 0.407 e. The van der Waals surface area contributed by atoms with E-state index in [4.69, 9.17) is 5.73 Å². The molecule has 1 aromatic rings. The molecule has 0 fully saturated rings. The minimum Gasteiger partial charge on any atom is -0.326 e. The molecule has 7 heteroatoms. The predicted octanol–water partition coefficient (Wildman–Crippen LogP) is 2.63. The highest BCUT2D eigenvalue weighted by Gasteiger charge is 2.37. The maximum atomic E-state index is 12.3. The third-order valence-corrected chi connectivity index (χ3v) is 1.94. The van der Waals surface area contributed by atoms with Crippen LogP contribution < -0.4 is 11.1 Å². The quantitative estimate of drug-likeness (QED) is 0.866. The van der Waals surface area contributed by atoms with Gasteiger partial charge in [0.15, 0.2) is 0 Å². The average molecular weight is 269 g/mol. The van der Waals surface area contributed by atoms with Crippen molar-refractivity contribution in [3.05, 3.63) is 29.8 Å². The zero-order valence-corrected chi connectivity index (χ0v) is 9.73. The number of nitrogens with two attached hydrogens (primary N) is 1. The number of rotatable bonds is 2. The van der Waals surface area contributed by atoms with Crippen LogP contribution in [0.3, 0.4) is 0 Å². The Balaban J connectivity index is 0.00000256. The molecule has 3 nitrogen and oxygen atoms in total. The molecule has 1 aromatic carbocycles. The Bertz CT molecular complexity index is 378. The molecule has 0 saturated carbocycles. The lowest BCUT2D eigenvalue weighted by Gasteiger charge is -2.16. The molecule has 17 heavy (non-hydrogen) atoms. The summed E-state index contributed by atoms with van der Waals surface area (Å²) in [6, 6.07) is 3.23. The van der Waals surface area contributed by atoms with Gasteiger partial charge in [0.05, 0.1) is 0 Å². The molecule has 0 unspecified atom stereocenters. The van der Waals surface area contributed by atoms with Crippen LogP contribution in [0.5, 0.6) is 0 Å². The Morgan fingerprint density at radius 2 is 1.76 bits per heavy atom. The summed E-state index contributed by atoms with van der Waals surface area (Å²) in [5.41, 5.74) is 5.41. The van der Waals surface area contributed by atoms with E-state index in [1.165, 1.54) is 31.2 Å². The first-order chi connectivity index (χ1) is 7.30. The van der Waals surface area contributed by atoms with Crippen molar-refractivity contribution >= 4 is 24.0 Å². The summed E-state index contributed by atoms with van der Waals surface area (Å²) in [5, 5.41) is 2.45. The monoisotopic (exact) mass is 268 g/mol. The second-order valence-corrected chi connectivity index (χ2v) is 3.32. The van der Waals surface area contributed by atoms with Crippen LogP contribution in [-0.4, -0.2) is 12.1 Å². The van der Waals surface area contributed by atoms with E-state index in [0.29, 0.717) is 5.69 Å². The van der Waals surface area contributed by atoms with E-state index >= 15 is 0 Å². The number of nitrogens with one attached hydrogen (secondary N) is 1. The normalized spacial score (nSPS) is 12.5. The topological polar surface area (TPSA) is 55.1 Å². The Hall–Kier alpha value is -1.27. The van der Waals surface area contributed by atoms with Crippen molar-refractivity contribution in [2.24, 2.45) is 5.73 Å². The third kappa shape index (κ3) is 4.62. The zero-order chi connectivity index (χ0) is 12.3. The van der Waals surface area contributed by atoms with Crippen LogP contribution in [0, 0.1) is 0 Å². The van der Waals surface area contributed by atoms with Gasteiger partial charge >= 0.3 is 6.18 Å². The maximum absolute atomic E-state index is 12.3. The van der Waals surface area contributed by atoms with Crippen molar-refractivity contribution in [1.29, 1.82) is 0 Å². The molecule has 1 amide bonds. The Morgan fingerprint density at radius 1 is 1.29 bits per heavy atom. The summed E-state index contributed by atoms with van der Waals surface area (Å²) in [7, 11) is 0. The Morgan fingerprint density at radius 3 is 2.12 bits per heavy atom. The maximum Gasteiger partial charge on any atom is 0.407 e. The second-order valence-electron chi connectivity index (χ2n) is 3.32. The molecule has 0 aliphatic carbocycles. The van der Waals surface area contributed by atoms with Crippen molar-refractivity contribution in [3.63, 3.8) is 0 Å². The van der Waals surface area contributed by atoms with E-state index < -0.39 is 12.2 Å². The lowest BCUT2D eigenvalue weighted by molar-refractivity contribution is -0.149. The molecule has 0 radical (unpaired) electrons. The number of hydrogen-bond donors (Lipinski definition) is 2. The van der Waals surface area contributed by atoms with Gasteiger partial charge in [-0.25, -0.2) is 0 Å². The SMILES string of the molecule is CC(=O)Nc1ccc([C@@H](N)C(F)(F)F)cc1.Cl. The van der Waals surface area contributed by atoms with Gasteiger partial charge in [-0.2, -0.15) is 13.2 Å². The summed E-state index contributed by atoms with van der Waals surface area (Å²) in [5.74, 6) is -0.284. The van der Waals surface area contributed by atoms with E-state index in [-0.39, 0.29) is 23.9 Å². The molecule has 0 saturated heterocycles. The summed E-state index contributed by atoms with van der Waals surface area (Å²) >= 11 is 0. The van der Waals surface area contributed by atoms with Crippen molar-refractivity contribution < 1.29 is 18.0 Å². The first-order valence-corrected chi connectivity index (χ1v) is 4.50. The Labute approximate surface area is 103 Å². The van der Waals surface area contributed by atoms with Crippen molar-refractivity contribution in [3.8, 4) is 0 Å². The molecule has 3 N–H and O–H groups in total. The molecule has 0 aliphatic rings. The van der Waals surface area contributed by atoms with Gasteiger partial charge in [-0.3, -0.25) is 4.79 Å². The predicted molar refractivity (Wildman–Crippen MR) is 61.0 cm³/mol. The molecule has 0 heterocycles. The molecule has 0 spiro atoms. The highest BCUT2D eigenvalue weighted by atomic mass is 35.5. The van der Waals surface area contributed by atoms with Gasteiger partial charge in [0.2, 0.25) is 5.91 Å². The van der Waals surface area contributed by atoms with E-state index in [1.807, 2.05) is 0 Å². The third-order valence-electron chi connectivity index (χ3n) is 1.94. The molecule has 96 valence electrons. The lowest BCUT2D eigenvalue weighted by atomic mass is 10.1. The standard InChI is InChI=1S/C10H11F3N2O.ClH/c1-6(16)15-8-4-2-7(3-5-8)9(14)10(11,12)13;/h2-5,9H,14H2,1H3,(H,15,16);1H/t9-;/m1./s1. The van der Waals surface area contributed by atoms with Gasteiger partial charge in [-0.1, -0.05) is 12.1 Å². The van der Waals surface area contributed by atoms with Gasteiger partial charge in [-0.05, 0) is 17.7 Å². The number of carbonyl (C=O) groups excluding carboxylic acids is 1. The number of anilines is 1. The lowest BCUT2D eigenvalue weighted by Crippen LogP contribution is -2.28. The minimum absolute atomic E-state index is 0. The van der Waals surface area contributed by atoms with Gasteiger partial charge in [0, 0.05) is 12.6 Å². The van der Waals surface area contributed by atoms with Gasteiger partial charge in [-0.15, -0.1) is 12.4 Å². The number of halogens is 4. The fourth-order valence-corrected chi connectivity index (χ4v) is 1.17. The van der Waals surface area contributed by atoms with Gasteiger partial charge < -0.3 is 11.1 Å². The first-order valence-electron chi connectivity index (χ1n) is 4.50. The smallest absolute Gasteiger partial charge is 0.326 e.